The molecule has 0 unspecified atom stereocenters. The number of nitrogens with zero attached hydrogens (tertiary/aromatic N) is 1. The van der Waals surface area contributed by atoms with E-state index >= 15 is 0 Å². The topological polar surface area (TPSA) is 89.0 Å². The number of hydrogen-bond donors (Lipinski definition) is 2. The number of amides is 2. The third-order valence-electron chi connectivity index (χ3n) is 3.64. The standard InChI is InChI=1S/C21H24BrN3O4/c1-14(2)29-21-17(22)11-15(12-18(21)28-3)13-23-25-20(27)10-9-19(26)24-16-7-5-4-6-8-16/h4-8,11-14H,9-10H2,1-3H3,(H,24,26)(H,25,27). The van der Waals surface area contributed by atoms with Crippen molar-refractivity contribution in [2.45, 2.75) is 32.8 Å². The molecule has 0 spiro atoms. The molecule has 0 aromatic heterocycles. The van der Waals surface area contributed by atoms with Crippen LogP contribution in [0.1, 0.15) is 32.3 Å². The molecule has 0 aliphatic heterocycles. The SMILES string of the molecule is COc1cc(C=NNC(=O)CCC(=O)Nc2ccccc2)cc(Br)c1OC(C)C. The van der Waals surface area contributed by atoms with Gasteiger partial charge in [-0.2, -0.15) is 5.10 Å². The number of hydrogen-bond acceptors (Lipinski definition) is 5. The first-order valence-electron chi connectivity index (χ1n) is 9.10. The maximum Gasteiger partial charge on any atom is 0.240 e. The van der Waals surface area contributed by atoms with Crippen molar-refractivity contribution in [1.82, 2.24) is 5.43 Å². The first-order chi connectivity index (χ1) is 13.9. The van der Waals surface area contributed by atoms with Crippen LogP contribution in [0.15, 0.2) is 52.0 Å². The zero-order valence-electron chi connectivity index (χ0n) is 16.6. The third-order valence-corrected chi connectivity index (χ3v) is 4.23. The molecule has 0 heterocycles. The van der Waals surface area contributed by atoms with E-state index in [2.05, 4.69) is 31.8 Å². The van der Waals surface area contributed by atoms with E-state index in [0.717, 1.165) is 4.47 Å². The Morgan fingerprint density at radius 3 is 2.48 bits per heavy atom. The molecule has 0 saturated carbocycles. The van der Waals surface area contributed by atoms with Crippen LogP contribution in [0.2, 0.25) is 0 Å². The van der Waals surface area contributed by atoms with E-state index in [0.29, 0.717) is 22.7 Å². The minimum Gasteiger partial charge on any atom is -0.493 e. The zero-order valence-corrected chi connectivity index (χ0v) is 18.2. The second kappa shape index (κ2) is 11.2. The fourth-order valence-corrected chi connectivity index (χ4v) is 2.92. The van der Waals surface area contributed by atoms with Crippen molar-refractivity contribution in [3.8, 4) is 11.5 Å². The summed E-state index contributed by atoms with van der Waals surface area (Å²) in [5.41, 5.74) is 3.83. The van der Waals surface area contributed by atoms with Crippen molar-refractivity contribution < 1.29 is 19.1 Å². The number of benzene rings is 2. The molecule has 0 bridgehead atoms. The Bertz CT molecular complexity index is 870. The van der Waals surface area contributed by atoms with Crippen molar-refractivity contribution in [1.29, 1.82) is 0 Å². The summed E-state index contributed by atoms with van der Waals surface area (Å²) in [4.78, 5) is 23.8. The predicted octanol–water partition coefficient (Wildman–Crippen LogP) is 4.11. The Kier molecular flexibility index (Phi) is 8.67. The molecule has 0 radical (unpaired) electrons. The molecule has 0 saturated heterocycles. The highest BCUT2D eigenvalue weighted by Gasteiger charge is 2.12. The van der Waals surface area contributed by atoms with Gasteiger partial charge in [0, 0.05) is 18.5 Å². The summed E-state index contributed by atoms with van der Waals surface area (Å²) in [6.07, 6.45) is 1.59. The predicted molar refractivity (Wildman–Crippen MR) is 117 cm³/mol. The molecular weight excluding hydrogens is 438 g/mol. The number of nitrogens with one attached hydrogen (secondary N) is 2. The first kappa shape index (κ1) is 22.4. The van der Waals surface area contributed by atoms with E-state index in [1.807, 2.05) is 38.1 Å². The Morgan fingerprint density at radius 2 is 1.83 bits per heavy atom. The summed E-state index contributed by atoms with van der Waals surface area (Å²) in [6.45, 7) is 3.85. The largest absolute Gasteiger partial charge is 0.493 e. The van der Waals surface area contributed by atoms with Gasteiger partial charge in [-0.1, -0.05) is 18.2 Å². The average molecular weight is 462 g/mol. The normalized spacial score (nSPS) is 10.8. The van der Waals surface area contributed by atoms with Crippen LogP contribution in [-0.4, -0.2) is 31.2 Å². The number of halogens is 1. The summed E-state index contributed by atoms with van der Waals surface area (Å²) < 4.78 is 11.8. The third kappa shape index (κ3) is 7.57. The highest BCUT2D eigenvalue weighted by Crippen LogP contribution is 2.36. The van der Waals surface area contributed by atoms with Gasteiger partial charge >= 0.3 is 0 Å². The van der Waals surface area contributed by atoms with Gasteiger partial charge in [0.2, 0.25) is 11.8 Å². The number of carbonyl (C=O) groups is 2. The highest BCUT2D eigenvalue weighted by atomic mass is 79.9. The minimum absolute atomic E-state index is 0.00176. The van der Waals surface area contributed by atoms with Crippen LogP contribution in [0.4, 0.5) is 5.69 Å². The van der Waals surface area contributed by atoms with Crippen molar-refractivity contribution in [2.75, 3.05) is 12.4 Å². The maximum absolute atomic E-state index is 11.9. The molecule has 7 nitrogen and oxygen atoms in total. The van der Waals surface area contributed by atoms with Crippen LogP contribution >= 0.6 is 15.9 Å². The van der Waals surface area contributed by atoms with Crippen molar-refractivity contribution in [3.05, 3.63) is 52.5 Å². The van der Waals surface area contributed by atoms with Gasteiger partial charge in [-0.3, -0.25) is 9.59 Å². The number of para-hydroxylation sites is 1. The van der Waals surface area contributed by atoms with Crippen LogP contribution < -0.4 is 20.2 Å². The number of hydrazone groups is 1. The Balaban J connectivity index is 1.86. The van der Waals surface area contributed by atoms with Crippen LogP contribution in [0.3, 0.4) is 0 Å². The number of carbonyl (C=O) groups excluding carboxylic acids is 2. The maximum atomic E-state index is 11.9. The fourth-order valence-electron chi connectivity index (χ4n) is 2.37. The molecular formula is C21H24BrN3O4. The number of methoxy groups -OCH3 is 1. The second-order valence-electron chi connectivity index (χ2n) is 6.41. The molecule has 2 aromatic rings. The molecule has 2 aromatic carbocycles. The quantitative estimate of drug-likeness (QED) is 0.434. The summed E-state index contributed by atoms with van der Waals surface area (Å²) in [5, 5.41) is 6.67. The fraction of sp³-hybridized carbons (Fsp3) is 0.286. The van der Waals surface area contributed by atoms with Gasteiger partial charge in [0.1, 0.15) is 0 Å². The first-order valence-corrected chi connectivity index (χ1v) is 9.89. The monoisotopic (exact) mass is 461 g/mol. The van der Waals surface area contributed by atoms with Gasteiger partial charge in [-0.05, 0) is 59.6 Å². The van der Waals surface area contributed by atoms with E-state index in [1.165, 1.54) is 6.21 Å². The van der Waals surface area contributed by atoms with Crippen LogP contribution in [0, 0.1) is 0 Å². The molecule has 2 amide bonds. The lowest BCUT2D eigenvalue weighted by atomic mass is 10.2. The van der Waals surface area contributed by atoms with E-state index in [9.17, 15) is 9.59 Å². The van der Waals surface area contributed by atoms with Gasteiger partial charge in [0.15, 0.2) is 11.5 Å². The number of rotatable bonds is 9. The van der Waals surface area contributed by atoms with E-state index in [1.54, 1.807) is 25.3 Å². The average Bonchev–Trinajstić information content (AvgIpc) is 2.68. The van der Waals surface area contributed by atoms with Crippen LogP contribution in [0.5, 0.6) is 11.5 Å². The van der Waals surface area contributed by atoms with Crippen molar-refractivity contribution in [3.63, 3.8) is 0 Å². The molecule has 0 fully saturated rings. The van der Waals surface area contributed by atoms with E-state index < -0.39 is 0 Å². The summed E-state index contributed by atoms with van der Waals surface area (Å²) in [7, 11) is 1.55. The molecule has 29 heavy (non-hydrogen) atoms. The minimum atomic E-state index is -0.352. The van der Waals surface area contributed by atoms with Crippen LogP contribution in [0.25, 0.3) is 0 Å². The van der Waals surface area contributed by atoms with Gasteiger partial charge in [-0.25, -0.2) is 5.43 Å². The molecule has 2 rings (SSSR count). The van der Waals surface area contributed by atoms with Crippen molar-refractivity contribution in [2.24, 2.45) is 5.10 Å². The summed E-state index contributed by atoms with van der Waals surface area (Å²) in [6, 6.07) is 12.6. The Morgan fingerprint density at radius 1 is 1.14 bits per heavy atom. The second-order valence-corrected chi connectivity index (χ2v) is 7.26. The molecule has 8 heteroatoms. The summed E-state index contributed by atoms with van der Waals surface area (Å²) in [5.74, 6) is 0.576. The Labute approximate surface area is 178 Å². The lowest BCUT2D eigenvalue weighted by molar-refractivity contribution is -0.124. The molecule has 0 aliphatic rings. The zero-order chi connectivity index (χ0) is 21.2. The van der Waals surface area contributed by atoms with Gasteiger partial charge in [0.05, 0.1) is 23.9 Å². The molecule has 0 aliphatic carbocycles. The highest BCUT2D eigenvalue weighted by molar-refractivity contribution is 9.10. The van der Waals surface area contributed by atoms with Crippen LogP contribution in [-0.2, 0) is 9.59 Å². The number of ether oxygens (including phenoxy) is 2. The van der Waals surface area contributed by atoms with E-state index in [-0.39, 0.29) is 30.8 Å². The number of anilines is 1. The van der Waals surface area contributed by atoms with Crippen molar-refractivity contribution >= 4 is 39.6 Å². The molecule has 0 atom stereocenters. The van der Waals surface area contributed by atoms with Gasteiger partial charge in [0.25, 0.3) is 0 Å². The van der Waals surface area contributed by atoms with Gasteiger partial charge in [-0.15, -0.1) is 0 Å². The Hall–Kier alpha value is -2.87. The lowest BCUT2D eigenvalue weighted by Gasteiger charge is -2.15. The molecule has 2 N–H and O–H groups in total. The van der Waals surface area contributed by atoms with E-state index in [4.69, 9.17) is 9.47 Å². The summed E-state index contributed by atoms with van der Waals surface area (Å²) >= 11 is 3.46. The van der Waals surface area contributed by atoms with Gasteiger partial charge < -0.3 is 14.8 Å². The lowest BCUT2D eigenvalue weighted by Crippen LogP contribution is -2.20. The smallest absolute Gasteiger partial charge is 0.240 e. The molecule has 154 valence electrons.